The van der Waals surface area contributed by atoms with Crippen molar-refractivity contribution in [2.24, 2.45) is 0 Å². The molecule has 0 aromatic carbocycles. The van der Waals surface area contributed by atoms with Crippen molar-refractivity contribution in [3.8, 4) is 0 Å². The Hall–Kier alpha value is -1.54. The second-order valence-corrected chi connectivity index (χ2v) is 19.9. The van der Waals surface area contributed by atoms with E-state index in [9.17, 15) is 19.4 Å². The van der Waals surface area contributed by atoms with Crippen LogP contribution in [-0.4, -0.2) is 68.5 Å². The second-order valence-electron chi connectivity index (χ2n) is 18.5. The van der Waals surface area contributed by atoms with Crippen LogP contribution in [0.5, 0.6) is 0 Å². The number of nitrogens with zero attached hydrogens (tertiary/aromatic N) is 1. The number of aliphatic hydroxyl groups excluding tert-OH is 1. The van der Waals surface area contributed by atoms with Gasteiger partial charge < -0.3 is 28.8 Å². The summed E-state index contributed by atoms with van der Waals surface area (Å²) in [7, 11) is 1.24. The maximum atomic E-state index is 12.9. The summed E-state index contributed by atoms with van der Waals surface area (Å²) in [5.41, 5.74) is 0. The molecule has 0 aliphatic rings. The Morgan fingerprint density at radius 3 is 1.43 bits per heavy atom. The number of allylic oxidation sites excluding steroid dienone is 7. The van der Waals surface area contributed by atoms with Crippen LogP contribution in [-0.2, 0) is 18.4 Å². The molecular weight excluding hydrogens is 780 g/mol. The van der Waals surface area contributed by atoms with E-state index in [2.05, 4.69) is 55.6 Å². The number of rotatable bonds is 46. The van der Waals surface area contributed by atoms with Crippen LogP contribution in [0.2, 0.25) is 0 Å². The Morgan fingerprint density at radius 1 is 0.574 bits per heavy atom. The van der Waals surface area contributed by atoms with Crippen LogP contribution in [0.25, 0.3) is 0 Å². The van der Waals surface area contributed by atoms with Crippen molar-refractivity contribution in [3.05, 3.63) is 48.6 Å². The van der Waals surface area contributed by atoms with Crippen LogP contribution in [0.4, 0.5) is 0 Å². The molecule has 358 valence electrons. The number of aliphatic hydroxyl groups is 1. The average Bonchev–Trinajstić information content (AvgIpc) is 3.21. The zero-order chi connectivity index (χ0) is 45.0. The standard InChI is InChI=1S/C52H99N2O6P/c1-6-8-10-12-14-16-18-20-21-22-23-24-25-26-27-28-29-30-31-32-33-34-36-38-40-42-44-46-52(56)53-50(49-60-61(57,58)59-48-47-54(3,4)5)51(55)45-43-41-39-37-35-19-17-15-13-11-9-7-2/h23-24,26-27,35,37,43,45,50-51,55H,6-22,25,28-34,36,38-42,44,46-49H2,1-5H3,(H-,53,56,57,58)/b24-23-,27-26-,37-35+,45-43+. The van der Waals surface area contributed by atoms with Crippen molar-refractivity contribution < 1.29 is 32.9 Å². The smallest absolute Gasteiger partial charge is 0.268 e. The molecule has 0 bridgehead atoms. The quantitative estimate of drug-likeness (QED) is 0.0273. The van der Waals surface area contributed by atoms with E-state index in [4.69, 9.17) is 9.05 Å². The zero-order valence-electron chi connectivity index (χ0n) is 40.6. The number of carbonyl (C=O) groups excluding carboxylic acids is 1. The van der Waals surface area contributed by atoms with Gasteiger partial charge in [-0.15, -0.1) is 0 Å². The van der Waals surface area contributed by atoms with E-state index in [0.29, 0.717) is 17.4 Å². The van der Waals surface area contributed by atoms with Gasteiger partial charge in [-0.05, 0) is 64.2 Å². The van der Waals surface area contributed by atoms with Crippen molar-refractivity contribution in [2.45, 2.75) is 238 Å². The molecule has 0 aromatic rings. The number of amides is 1. The summed E-state index contributed by atoms with van der Waals surface area (Å²) in [5.74, 6) is -0.211. The number of quaternary nitrogens is 1. The lowest BCUT2D eigenvalue weighted by Gasteiger charge is -2.29. The molecule has 2 N–H and O–H groups in total. The Morgan fingerprint density at radius 2 is 0.967 bits per heavy atom. The first-order valence-corrected chi connectivity index (χ1v) is 27.0. The molecule has 9 heteroatoms. The minimum atomic E-state index is -4.60. The van der Waals surface area contributed by atoms with Gasteiger partial charge in [0, 0.05) is 6.42 Å². The SMILES string of the molecule is CCCCCCCC/C=C/CC/C=C/C(O)C(COP(=O)([O-])OCC[N+](C)(C)C)NC(=O)CCCCCCCCCCCCC/C=C\C/C=C\CCCCCCCCCCC. The van der Waals surface area contributed by atoms with Crippen molar-refractivity contribution in [1.82, 2.24) is 5.32 Å². The summed E-state index contributed by atoms with van der Waals surface area (Å²) in [6.45, 7) is 4.61. The number of nitrogens with one attached hydrogen (secondary N) is 1. The predicted molar refractivity (Wildman–Crippen MR) is 261 cm³/mol. The number of phosphoric acid groups is 1. The summed E-state index contributed by atoms with van der Waals surface area (Å²) >= 11 is 0. The zero-order valence-corrected chi connectivity index (χ0v) is 41.5. The fourth-order valence-electron chi connectivity index (χ4n) is 7.20. The summed E-state index contributed by atoms with van der Waals surface area (Å²) in [5, 5.41) is 13.8. The highest BCUT2D eigenvalue weighted by molar-refractivity contribution is 7.45. The maximum absolute atomic E-state index is 12.9. The summed E-state index contributed by atoms with van der Waals surface area (Å²) in [6.07, 6.45) is 56.1. The Kier molecular flexibility index (Phi) is 42.6. The Balaban J connectivity index is 4.19. The first-order valence-electron chi connectivity index (χ1n) is 25.5. The van der Waals surface area contributed by atoms with Crippen LogP contribution in [0.15, 0.2) is 48.6 Å². The third-order valence-electron chi connectivity index (χ3n) is 11.3. The molecule has 8 nitrogen and oxygen atoms in total. The molecule has 0 aliphatic carbocycles. The van der Waals surface area contributed by atoms with E-state index >= 15 is 0 Å². The minimum absolute atomic E-state index is 0.00772. The number of hydrogen-bond donors (Lipinski definition) is 2. The molecule has 0 rings (SSSR count). The molecule has 1 amide bonds. The van der Waals surface area contributed by atoms with Gasteiger partial charge in [0.1, 0.15) is 13.2 Å². The monoisotopic (exact) mass is 879 g/mol. The highest BCUT2D eigenvalue weighted by Crippen LogP contribution is 2.38. The molecular formula is C52H99N2O6P. The van der Waals surface area contributed by atoms with Gasteiger partial charge >= 0.3 is 0 Å². The average molecular weight is 879 g/mol. The molecule has 0 aromatic heterocycles. The first kappa shape index (κ1) is 59.5. The Bertz CT molecular complexity index is 1130. The van der Waals surface area contributed by atoms with Gasteiger partial charge in [-0.1, -0.05) is 204 Å². The van der Waals surface area contributed by atoms with Crippen LogP contribution >= 0.6 is 7.82 Å². The lowest BCUT2D eigenvalue weighted by Crippen LogP contribution is -2.45. The molecule has 0 saturated heterocycles. The van der Waals surface area contributed by atoms with Crippen molar-refractivity contribution in [1.29, 1.82) is 0 Å². The third-order valence-corrected chi connectivity index (χ3v) is 12.2. The van der Waals surface area contributed by atoms with Gasteiger partial charge in [0.2, 0.25) is 5.91 Å². The van der Waals surface area contributed by atoms with Gasteiger partial charge in [0.05, 0.1) is 39.9 Å². The van der Waals surface area contributed by atoms with Gasteiger partial charge in [-0.3, -0.25) is 9.36 Å². The van der Waals surface area contributed by atoms with Crippen molar-refractivity contribution >= 4 is 13.7 Å². The van der Waals surface area contributed by atoms with Crippen LogP contribution in [0.1, 0.15) is 226 Å². The van der Waals surface area contributed by atoms with Crippen LogP contribution < -0.4 is 10.2 Å². The number of phosphoric ester groups is 1. The molecule has 0 radical (unpaired) electrons. The van der Waals surface area contributed by atoms with E-state index in [1.165, 1.54) is 161 Å². The lowest BCUT2D eigenvalue weighted by atomic mass is 10.0. The molecule has 0 aliphatic heterocycles. The van der Waals surface area contributed by atoms with Crippen LogP contribution in [0, 0.1) is 0 Å². The van der Waals surface area contributed by atoms with Crippen LogP contribution in [0.3, 0.4) is 0 Å². The fourth-order valence-corrected chi connectivity index (χ4v) is 7.92. The molecule has 61 heavy (non-hydrogen) atoms. The predicted octanol–water partition coefficient (Wildman–Crippen LogP) is 14.2. The second kappa shape index (κ2) is 43.7. The summed E-state index contributed by atoms with van der Waals surface area (Å²) in [4.78, 5) is 25.3. The van der Waals surface area contributed by atoms with Gasteiger partial charge in [-0.25, -0.2) is 0 Å². The number of likely N-dealkylation sites (N-methyl/N-ethyl adjacent to an activating group) is 1. The van der Waals surface area contributed by atoms with Crippen molar-refractivity contribution in [2.75, 3.05) is 40.9 Å². The van der Waals surface area contributed by atoms with Gasteiger partial charge in [-0.2, -0.15) is 0 Å². The third kappa shape index (κ3) is 46.3. The topological polar surface area (TPSA) is 108 Å². The summed E-state index contributed by atoms with van der Waals surface area (Å²) < 4.78 is 23.2. The Labute approximate surface area is 378 Å². The van der Waals surface area contributed by atoms with E-state index in [1.807, 2.05) is 27.2 Å². The highest BCUT2D eigenvalue weighted by atomic mass is 31.2. The van der Waals surface area contributed by atoms with E-state index in [0.717, 1.165) is 44.9 Å². The minimum Gasteiger partial charge on any atom is -0.756 e. The highest BCUT2D eigenvalue weighted by Gasteiger charge is 2.23. The number of carbonyl (C=O) groups is 1. The molecule has 0 saturated carbocycles. The molecule has 0 heterocycles. The van der Waals surface area contributed by atoms with Gasteiger partial charge in [0.15, 0.2) is 0 Å². The number of hydrogen-bond acceptors (Lipinski definition) is 6. The number of unbranched alkanes of at least 4 members (excludes halogenated alkanes) is 27. The molecule has 3 atom stereocenters. The summed E-state index contributed by atoms with van der Waals surface area (Å²) in [6, 6.07) is -0.904. The van der Waals surface area contributed by atoms with E-state index in [1.54, 1.807) is 6.08 Å². The normalized spacial score (nSPS) is 14.5. The van der Waals surface area contributed by atoms with E-state index in [-0.39, 0.29) is 12.5 Å². The van der Waals surface area contributed by atoms with Crippen molar-refractivity contribution in [3.63, 3.8) is 0 Å². The fraction of sp³-hybridized carbons (Fsp3) is 0.827. The lowest BCUT2D eigenvalue weighted by molar-refractivity contribution is -0.870. The largest absolute Gasteiger partial charge is 0.756 e. The van der Waals surface area contributed by atoms with Gasteiger partial charge in [0.25, 0.3) is 7.82 Å². The molecule has 3 unspecified atom stereocenters. The van der Waals surface area contributed by atoms with E-state index < -0.39 is 26.6 Å². The first-order chi connectivity index (χ1) is 29.5. The molecule has 0 fully saturated rings. The maximum Gasteiger partial charge on any atom is 0.268 e. The molecule has 0 spiro atoms.